The zero-order valence-corrected chi connectivity index (χ0v) is 10.4. The smallest absolute Gasteiger partial charge is 0.139 e. The maximum atomic E-state index is 5.23. The molecule has 0 aliphatic heterocycles. The molecule has 2 aromatic rings. The molecule has 0 amide bonds. The number of nitrogens with zero attached hydrogens (tertiary/aromatic N) is 2. The Labute approximate surface area is 105 Å². The largest absolute Gasteiger partial charge is 0.343 e. The molecule has 0 aromatic carbocycles. The Morgan fingerprint density at radius 1 is 1.41 bits per heavy atom. The quantitative estimate of drug-likeness (QED) is 0.822. The van der Waals surface area contributed by atoms with Crippen molar-refractivity contribution >= 4 is 12.2 Å². The highest BCUT2D eigenvalue weighted by Crippen LogP contribution is 2.39. The molecule has 1 fully saturated rings. The maximum Gasteiger partial charge on any atom is 0.139 e. The Morgan fingerprint density at radius 3 is 2.94 bits per heavy atom. The SMILES string of the molecule is Cc1cnccc1-c1nc(=S)cc(C2CC2)[nH]1. The molecule has 17 heavy (non-hydrogen) atoms. The van der Waals surface area contributed by atoms with Gasteiger partial charge in [-0.3, -0.25) is 4.98 Å². The number of aromatic amines is 1. The van der Waals surface area contributed by atoms with Crippen molar-refractivity contribution in [2.45, 2.75) is 25.7 Å². The number of aromatic nitrogens is 3. The van der Waals surface area contributed by atoms with Crippen molar-refractivity contribution in [1.29, 1.82) is 0 Å². The molecule has 86 valence electrons. The van der Waals surface area contributed by atoms with Gasteiger partial charge in [0.15, 0.2) is 0 Å². The standard InChI is InChI=1S/C13H13N3S/c1-8-7-14-5-4-10(8)13-15-11(9-2-3-9)6-12(17)16-13/h4-7,9H,2-3H2,1H3,(H,15,16,17). The Morgan fingerprint density at radius 2 is 2.24 bits per heavy atom. The van der Waals surface area contributed by atoms with Crippen LogP contribution in [0.5, 0.6) is 0 Å². The molecule has 3 nitrogen and oxygen atoms in total. The lowest BCUT2D eigenvalue weighted by atomic mass is 10.1. The molecule has 0 radical (unpaired) electrons. The summed E-state index contributed by atoms with van der Waals surface area (Å²) < 4.78 is 0.664. The predicted molar refractivity (Wildman–Crippen MR) is 69.4 cm³/mol. The van der Waals surface area contributed by atoms with Gasteiger partial charge in [0.2, 0.25) is 0 Å². The van der Waals surface area contributed by atoms with Crippen LogP contribution in [0.1, 0.15) is 30.0 Å². The van der Waals surface area contributed by atoms with Crippen molar-refractivity contribution in [3.63, 3.8) is 0 Å². The molecule has 2 aromatic heterocycles. The predicted octanol–water partition coefficient (Wildman–Crippen LogP) is 3.39. The number of hydrogen-bond acceptors (Lipinski definition) is 3. The van der Waals surface area contributed by atoms with Gasteiger partial charge in [-0.05, 0) is 43.4 Å². The zero-order chi connectivity index (χ0) is 11.8. The Kier molecular flexibility index (Phi) is 2.52. The third-order valence-corrected chi connectivity index (χ3v) is 3.27. The summed E-state index contributed by atoms with van der Waals surface area (Å²) in [5.41, 5.74) is 3.41. The zero-order valence-electron chi connectivity index (χ0n) is 9.60. The van der Waals surface area contributed by atoms with Crippen LogP contribution in [0.15, 0.2) is 24.5 Å². The number of rotatable bonds is 2. The molecule has 0 saturated heterocycles. The fourth-order valence-electron chi connectivity index (χ4n) is 1.96. The second kappa shape index (κ2) is 4.04. The Balaban J connectivity index is 2.14. The Bertz CT molecular complexity index is 614. The van der Waals surface area contributed by atoms with Crippen LogP contribution in [0.3, 0.4) is 0 Å². The molecule has 1 aliphatic rings. The summed E-state index contributed by atoms with van der Waals surface area (Å²) in [5, 5.41) is 0. The minimum Gasteiger partial charge on any atom is -0.343 e. The van der Waals surface area contributed by atoms with Gasteiger partial charge in [0.05, 0.1) is 0 Å². The fourth-order valence-corrected chi connectivity index (χ4v) is 2.18. The summed E-state index contributed by atoms with van der Waals surface area (Å²) in [7, 11) is 0. The second-order valence-corrected chi connectivity index (χ2v) is 4.91. The average molecular weight is 243 g/mol. The van der Waals surface area contributed by atoms with E-state index >= 15 is 0 Å². The molecule has 0 unspecified atom stereocenters. The first-order valence-electron chi connectivity index (χ1n) is 5.76. The molecule has 1 saturated carbocycles. The molecule has 4 heteroatoms. The van der Waals surface area contributed by atoms with E-state index in [0.717, 1.165) is 17.0 Å². The highest BCUT2D eigenvalue weighted by molar-refractivity contribution is 7.71. The highest BCUT2D eigenvalue weighted by atomic mass is 32.1. The summed E-state index contributed by atoms with van der Waals surface area (Å²) in [6.45, 7) is 2.03. The van der Waals surface area contributed by atoms with Crippen LogP contribution in [-0.2, 0) is 0 Å². The number of hydrogen-bond donors (Lipinski definition) is 1. The topological polar surface area (TPSA) is 41.6 Å². The van der Waals surface area contributed by atoms with Gasteiger partial charge in [0.1, 0.15) is 10.5 Å². The van der Waals surface area contributed by atoms with Gasteiger partial charge in [0, 0.05) is 23.7 Å². The fraction of sp³-hybridized carbons (Fsp3) is 0.308. The van der Waals surface area contributed by atoms with Gasteiger partial charge in [-0.25, -0.2) is 4.98 Å². The summed E-state index contributed by atoms with van der Waals surface area (Å²) in [4.78, 5) is 11.9. The molecule has 2 heterocycles. The first kappa shape index (κ1) is 10.6. The summed E-state index contributed by atoms with van der Waals surface area (Å²) in [6.07, 6.45) is 6.14. The van der Waals surface area contributed by atoms with Crippen LogP contribution in [0.2, 0.25) is 0 Å². The van der Waals surface area contributed by atoms with Gasteiger partial charge in [-0.1, -0.05) is 12.2 Å². The first-order valence-corrected chi connectivity index (χ1v) is 6.17. The molecule has 0 bridgehead atoms. The van der Waals surface area contributed by atoms with Crippen LogP contribution in [0.4, 0.5) is 0 Å². The van der Waals surface area contributed by atoms with E-state index in [1.807, 2.05) is 25.3 Å². The average Bonchev–Trinajstić information content (AvgIpc) is 3.12. The van der Waals surface area contributed by atoms with E-state index in [0.29, 0.717) is 10.6 Å². The maximum absolute atomic E-state index is 5.23. The molecule has 1 aliphatic carbocycles. The minimum absolute atomic E-state index is 0.653. The first-order chi connectivity index (χ1) is 8.24. The molecule has 3 rings (SSSR count). The lowest BCUT2D eigenvalue weighted by Crippen LogP contribution is -1.96. The summed E-state index contributed by atoms with van der Waals surface area (Å²) >= 11 is 5.23. The second-order valence-electron chi connectivity index (χ2n) is 4.49. The van der Waals surface area contributed by atoms with E-state index in [-0.39, 0.29) is 0 Å². The van der Waals surface area contributed by atoms with Crippen LogP contribution >= 0.6 is 12.2 Å². The van der Waals surface area contributed by atoms with Gasteiger partial charge in [0.25, 0.3) is 0 Å². The van der Waals surface area contributed by atoms with Gasteiger partial charge in [-0.2, -0.15) is 0 Å². The normalized spacial score (nSPS) is 14.9. The van der Waals surface area contributed by atoms with E-state index in [2.05, 4.69) is 15.0 Å². The molecular weight excluding hydrogens is 230 g/mol. The van der Waals surface area contributed by atoms with E-state index in [1.165, 1.54) is 18.5 Å². The lowest BCUT2D eigenvalue weighted by Gasteiger charge is -2.07. The van der Waals surface area contributed by atoms with E-state index in [1.54, 1.807) is 6.20 Å². The van der Waals surface area contributed by atoms with E-state index < -0.39 is 0 Å². The minimum atomic E-state index is 0.653. The number of nitrogens with one attached hydrogen (secondary N) is 1. The Hall–Kier alpha value is -1.55. The number of H-pyrrole nitrogens is 1. The molecule has 0 spiro atoms. The van der Waals surface area contributed by atoms with Gasteiger partial charge >= 0.3 is 0 Å². The van der Waals surface area contributed by atoms with Crippen molar-refractivity contribution in [3.05, 3.63) is 40.4 Å². The van der Waals surface area contributed by atoms with Gasteiger partial charge in [-0.15, -0.1) is 0 Å². The number of aryl methyl sites for hydroxylation is 1. The van der Waals surface area contributed by atoms with Crippen molar-refractivity contribution < 1.29 is 0 Å². The summed E-state index contributed by atoms with van der Waals surface area (Å²) in [6, 6.07) is 3.95. The summed E-state index contributed by atoms with van der Waals surface area (Å²) in [5.74, 6) is 1.51. The van der Waals surface area contributed by atoms with Crippen molar-refractivity contribution in [3.8, 4) is 11.4 Å². The molecular formula is C13H13N3S. The van der Waals surface area contributed by atoms with Crippen molar-refractivity contribution in [2.24, 2.45) is 0 Å². The van der Waals surface area contributed by atoms with Crippen molar-refractivity contribution in [2.75, 3.05) is 0 Å². The monoisotopic (exact) mass is 243 g/mol. The van der Waals surface area contributed by atoms with Crippen LogP contribution in [0.25, 0.3) is 11.4 Å². The van der Waals surface area contributed by atoms with E-state index in [4.69, 9.17) is 12.2 Å². The lowest BCUT2D eigenvalue weighted by molar-refractivity contribution is 0.986. The van der Waals surface area contributed by atoms with Crippen LogP contribution in [-0.4, -0.2) is 15.0 Å². The molecule has 0 atom stereocenters. The highest BCUT2D eigenvalue weighted by Gasteiger charge is 2.24. The van der Waals surface area contributed by atoms with Crippen LogP contribution < -0.4 is 0 Å². The molecule has 1 N–H and O–H groups in total. The number of pyridine rings is 1. The van der Waals surface area contributed by atoms with Crippen molar-refractivity contribution in [1.82, 2.24) is 15.0 Å². The van der Waals surface area contributed by atoms with E-state index in [9.17, 15) is 0 Å². The third kappa shape index (κ3) is 2.13. The third-order valence-electron chi connectivity index (χ3n) is 3.06. The van der Waals surface area contributed by atoms with Crippen LogP contribution in [0, 0.1) is 11.6 Å². The van der Waals surface area contributed by atoms with Gasteiger partial charge < -0.3 is 4.98 Å².